The Kier molecular flexibility index (Phi) is 8.88. The van der Waals surface area contributed by atoms with E-state index in [1.54, 1.807) is 41.3 Å². The van der Waals surface area contributed by atoms with Gasteiger partial charge in [-0.3, -0.25) is 9.59 Å². The van der Waals surface area contributed by atoms with E-state index in [1.165, 1.54) is 13.2 Å². The summed E-state index contributed by atoms with van der Waals surface area (Å²) in [6.45, 7) is 2.50. The van der Waals surface area contributed by atoms with Crippen molar-refractivity contribution < 1.29 is 29.3 Å². The van der Waals surface area contributed by atoms with Crippen molar-refractivity contribution in [2.24, 2.45) is 0 Å². The van der Waals surface area contributed by atoms with E-state index >= 15 is 0 Å². The van der Waals surface area contributed by atoms with Crippen molar-refractivity contribution in [3.05, 3.63) is 89.0 Å². The molecule has 0 aliphatic carbocycles. The predicted molar refractivity (Wildman–Crippen MR) is 135 cm³/mol. The van der Waals surface area contributed by atoms with Gasteiger partial charge in [-0.05, 0) is 54.4 Å². The van der Waals surface area contributed by atoms with E-state index in [0.717, 1.165) is 16.7 Å². The molecule has 0 atom stereocenters. The molecule has 0 aliphatic heterocycles. The molecular weight excluding hydrogens is 462 g/mol. The Labute approximate surface area is 209 Å². The van der Waals surface area contributed by atoms with Gasteiger partial charge in [0.2, 0.25) is 0 Å². The average Bonchev–Trinajstić information content (AvgIpc) is 2.86. The maximum atomic E-state index is 13.2. The van der Waals surface area contributed by atoms with Gasteiger partial charge in [-0.1, -0.05) is 35.9 Å². The summed E-state index contributed by atoms with van der Waals surface area (Å²) in [6, 6.07) is 18.8. The van der Waals surface area contributed by atoms with Gasteiger partial charge in [-0.15, -0.1) is 0 Å². The second-order valence-corrected chi connectivity index (χ2v) is 8.26. The number of aryl methyl sites for hydroxylation is 1. The van der Waals surface area contributed by atoms with Crippen LogP contribution in [0.3, 0.4) is 0 Å². The first kappa shape index (κ1) is 26.1. The first-order valence-electron chi connectivity index (χ1n) is 11.3. The summed E-state index contributed by atoms with van der Waals surface area (Å²) in [5.41, 5.74) is 3.68. The summed E-state index contributed by atoms with van der Waals surface area (Å²) in [5.74, 6) is -1.03. The minimum atomic E-state index is -0.985. The Morgan fingerprint density at radius 3 is 2.19 bits per heavy atom. The second kappa shape index (κ2) is 12.3. The summed E-state index contributed by atoms with van der Waals surface area (Å²) in [4.78, 5) is 37.6. The van der Waals surface area contributed by atoms with Crippen LogP contribution in [0.2, 0.25) is 0 Å². The average molecular weight is 492 g/mol. The smallest absolute Gasteiger partial charge is 0.322 e. The zero-order valence-electron chi connectivity index (χ0n) is 20.2. The number of carboxylic acids is 1. The molecule has 3 amide bonds. The lowest BCUT2D eigenvalue weighted by Crippen LogP contribution is -2.34. The number of anilines is 1. The molecule has 0 bridgehead atoms. The molecule has 0 unspecified atom stereocenters. The van der Waals surface area contributed by atoms with Crippen molar-refractivity contribution in [2.75, 3.05) is 19.0 Å². The van der Waals surface area contributed by atoms with Crippen LogP contribution in [0, 0.1) is 6.92 Å². The van der Waals surface area contributed by atoms with E-state index in [0.29, 0.717) is 17.0 Å². The monoisotopic (exact) mass is 491 g/mol. The van der Waals surface area contributed by atoms with Crippen LogP contribution in [-0.2, 0) is 17.9 Å². The van der Waals surface area contributed by atoms with E-state index < -0.39 is 5.97 Å². The number of benzene rings is 3. The second-order valence-electron chi connectivity index (χ2n) is 8.26. The summed E-state index contributed by atoms with van der Waals surface area (Å²) in [7, 11) is 1.46. The molecule has 3 aromatic rings. The molecule has 36 heavy (non-hydrogen) atoms. The number of carbonyl (C=O) groups excluding carboxylic acids is 2. The Morgan fingerprint density at radius 2 is 1.56 bits per heavy atom. The van der Waals surface area contributed by atoms with Gasteiger partial charge in [0.1, 0.15) is 0 Å². The number of aliphatic carboxylic acids is 1. The third-order valence-corrected chi connectivity index (χ3v) is 5.42. The zero-order chi connectivity index (χ0) is 26.1. The summed E-state index contributed by atoms with van der Waals surface area (Å²) < 4.78 is 5.19. The summed E-state index contributed by atoms with van der Waals surface area (Å²) >= 11 is 0. The number of carboxylic acid groups (broad SMARTS) is 1. The van der Waals surface area contributed by atoms with Crippen molar-refractivity contribution in [2.45, 2.75) is 26.4 Å². The highest BCUT2D eigenvalue weighted by Crippen LogP contribution is 2.27. The number of hydrogen-bond acceptors (Lipinski definition) is 5. The molecule has 188 valence electrons. The molecule has 0 spiro atoms. The molecule has 0 fully saturated rings. The SMILES string of the molecule is COc1cc(CN(Cc2ccc(C(=O)NCCC(=O)O)cc2)C(=O)Nc2ccc(C)cc2)ccc1O. The fraction of sp³-hybridized carbons (Fsp3) is 0.222. The van der Waals surface area contributed by atoms with Crippen molar-refractivity contribution in [1.82, 2.24) is 10.2 Å². The number of nitrogens with zero attached hydrogens (tertiary/aromatic N) is 1. The Bertz CT molecular complexity index is 1210. The predicted octanol–water partition coefficient (Wildman–Crippen LogP) is 4.15. The number of ether oxygens (including phenoxy) is 1. The first-order chi connectivity index (χ1) is 17.2. The molecular formula is C27H29N3O6. The normalized spacial score (nSPS) is 10.4. The summed E-state index contributed by atoms with van der Waals surface area (Å²) in [6.07, 6.45) is -0.156. The van der Waals surface area contributed by atoms with Gasteiger partial charge in [0.05, 0.1) is 13.5 Å². The highest BCUT2D eigenvalue weighted by molar-refractivity contribution is 5.94. The number of urea groups is 1. The fourth-order valence-corrected chi connectivity index (χ4v) is 3.45. The number of methoxy groups -OCH3 is 1. The van der Waals surface area contributed by atoms with Crippen molar-refractivity contribution in [1.29, 1.82) is 0 Å². The number of rotatable bonds is 10. The maximum absolute atomic E-state index is 13.2. The van der Waals surface area contributed by atoms with Gasteiger partial charge in [-0.25, -0.2) is 4.79 Å². The van der Waals surface area contributed by atoms with Crippen LogP contribution in [0.1, 0.15) is 33.5 Å². The molecule has 0 saturated carbocycles. The van der Waals surface area contributed by atoms with Crippen LogP contribution in [0.5, 0.6) is 11.5 Å². The van der Waals surface area contributed by atoms with E-state index in [1.807, 2.05) is 31.2 Å². The van der Waals surface area contributed by atoms with E-state index in [-0.39, 0.29) is 43.7 Å². The molecule has 0 aromatic heterocycles. The largest absolute Gasteiger partial charge is 0.504 e. The van der Waals surface area contributed by atoms with Gasteiger partial charge < -0.3 is 30.5 Å². The number of phenolic OH excluding ortho intramolecular Hbond substituents is 1. The lowest BCUT2D eigenvalue weighted by molar-refractivity contribution is -0.136. The van der Waals surface area contributed by atoms with Crippen LogP contribution < -0.4 is 15.4 Å². The van der Waals surface area contributed by atoms with Crippen LogP contribution >= 0.6 is 0 Å². The molecule has 9 heteroatoms. The highest BCUT2D eigenvalue weighted by atomic mass is 16.5. The third-order valence-electron chi connectivity index (χ3n) is 5.42. The van der Waals surface area contributed by atoms with Crippen LogP contribution in [0.15, 0.2) is 66.7 Å². The molecule has 4 N–H and O–H groups in total. The van der Waals surface area contributed by atoms with Gasteiger partial charge in [0, 0.05) is 30.9 Å². The first-order valence-corrected chi connectivity index (χ1v) is 11.3. The standard InChI is InChI=1S/C27H29N3O6/c1-18-3-10-22(11-4-18)29-27(35)30(17-20-7-12-23(31)24(15-20)36-2)16-19-5-8-21(9-6-19)26(34)28-14-13-25(32)33/h3-12,15,31H,13-14,16-17H2,1-2H3,(H,28,34)(H,29,35)(H,32,33). The lowest BCUT2D eigenvalue weighted by atomic mass is 10.1. The number of nitrogens with one attached hydrogen (secondary N) is 2. The van der Waals surface area contributed by atoms with Crippen LogP contribution in [-0.4, -0.2) is 46.7 Å². The molecule has 0 saturated heterocycles. The van der Waals surface area contributed by atoms with Crippen molar-refractivity contribution in [3.63, 3.8) is 0 Å². The zero-order valence-corrected chi connectivity index (χ0v) is 20.2. The molecule has 0 radical (unpaired) electrons. The number of hydrogen-bond donors (Lipinski definition) is 4. The Balaban J connectivity index is 1.76. The van der Waals surface area contributed by atoms with E-state index in [9.17, 15) is 19.5 Å². The van der Waals surface area contributed by atoms with Crippen LogP contribution in [0.25, 0.3) is 0 Å². The number of carbonyl (C=O) groups is 3. The highest BCUT2D eigenvalue weighted by Gasteiger charge is 2.17. The Morgan fingerprint density at radius 1 is 0.917 bits per heavy atom. The Hall–Kier alpha value is -4.53. The topological polar surface area (TPSA) is 128 Å². The quantitative estimate of drug-likeness (QED) is 0.337. The van der Waals surface area contributed by atoms with Crippen LogP contribution in [0.4, 0.5) is 10.5 Å². The molecule has 9 nitrogen and oxygen atoms in total. The van der Waals surface area contributed by atoms with E-state index in [4.69, 9.17) is 9.84 Å². The van der Waals surface area contributed by atoms with Gasteiger partial charge in [0.25, 0.3) is 5.91 Å². The molecule has 0 aliphatic rings. The van der Waals surface area contributed by atoms with Gasteiger partial charge in [-0.2, -0.15) is 0 Å². The van der Waals surface area contributed by atoms with E-state index in [2.05, 4.69) is 10.6 Å². The van der Waals surface area contributed by atoms with Crippen molar-refractivity contribution in [3.8, 4) is 11.5 Å². The minimum Gasteiger partial charge on any atom is -0.504 e. The molecule has 0 heterocycles. The summed E-state index contributed by atoms with van der Waals surface area (Å²) in [5, 5.41) is 24.1. The number of aromatic hydroxyl groups is 1. The molecule has 3 aromatic carbocycles. The number of phenols is 1. The fourth-order valence-electron chi connectivity index (χ4n) is 3.45. The molecule has 3 rings (SSSR count). The van der Waals surface area contributed by atoms with Crippen molar-refractivity contribution >= 4 is 23.6 Å². The van der Waals surface area contributed by atoms with Gasteiger partial charge in [0.15, 0.2) is 11.5 Å². The number of amides is 3. The minimum absolute atomic E-state index is 0.00845. The lowest BCUT2D eigenvalue weighted by Gasteiger charge is -2.24. The maximum Gasteiger partial charge on any atom is 0.322 e. The third kappa shape index (κ3) is 7.49. The van der Waals surface area contributed by atoms with Gasteiger partial charge >= 0.3 is 12.0 Å².